The van der Waals surface area contributed by atoms with Crippen molar-refractivity contribution >= 4 is 52.5 Å². The lowest BCUT2D eigenvalue weighted by Crippen LogP contribution is -2.46. The van der Waals surface area contributed by atoms with Crippen molar-refractivity contribution < 1.29 is 19.1 Å². The number of allylic oxidation sites excluding steroid dienone is 1. The van der Waals surface area contributed by atoms with E-state index in [0.29, 0.717) is 26.8 Å². The maximum absolute atomic E-state index is 12.7. The van der Waals surface area contributed by atoms with E-state index in [2.05, 4.69) is 4.99 Å². The van der Waals surface area contributed by atoms with Crippen molar-refractivity contribution in [1.29, 1.82) is 0 Å². The summed E-state index contributed by atoms with van der Waals surface area (Å²) < 4.78 is 9.81. The van der Waals surface area contributed by atoms with Crippen LogP contribution in [0.4, 0.5) is 0 Å². The fourth-order valence-electron chi connectivity index (χ4n) is 3.00. The van der Waals surface area contributed by atoms with E-state index < -0.39 is 17.5 Å². The maximum Gasteiger partial charge on any atom is 0.350 e. The lowest BCUT2D eigenvalue weighted by molar-refractivity contribution is -0.157. The van der Waals surface area contributed by atoms with Gasteiger partial charge in [0.1, 0.15) is 0 Å². The number of carbonyl (C=O) groups is 2. The van der Waals surface area contributed by atoms with Gasteiger partial charge in [-0.1, -0.05) is 47.5 Å². The van der Waals surface area contributed by atoms with Gasteiger partial charge in [-0.25, -0.2) is 9.59 Å². The molecule has 2 aromatic carbocycles. The number of ether oxygens (including phenoxy) is 2. The van der Waals surface area contributed by atoms with Gasteiger partial charge in [-0.3, -0.25) is 4.99 Å². The van der Waals surface area contributed by atoms with Gasteiger partial charge in [0.2, 0.25) is 0 Å². The number of benzene rings is 2. The molecule has 2 aromatic rings. The van der Waals surface area contributed by atoms with E-state index in [1.165, 1.54) is 20.4 Å². The highest BCUT2D eigenvalue weighted by Crippen LogP contribution is 2.43. The summed E-state index contributed by atoms with van der Waals surface area (Å²) in [7, 11) is 2.39. The van der Waals surface area contributed by atoms with Crippen molar-refractivity contribution in [3.05, 3.63) is 69.7 Å². The molecule has 1 heterocycles. The summed E-state index contributed by atoms with van der Waals surface area (Å²) in [6.07, 6.45) is 1.47. The van der Waals surface area contributed by atoms with Crippen LogP contribution in [0.15, 0.2) is 53.5 Å². The standard InChI is InChI=1S/C20H15Cl2NO4/c1-26-18(24)20(19(25)27-2)17(13-5-9-15(22)10-6-13)16(11-23-20)12-3-7-14(21)8-4-12/h3-11H,1-2H3. The summed E-state index contributed by atoms with van der Waals surface area (Å²) in [5.41, 5.74) is 0.331. The molecular formula is C20H15Cl2NO4. The molecule has 0 bridgehead atoms. The molecule has 0 spiro atoms. The van der Waals surface area contributed by atoms with Crippen LogP contribution in [0.3, 0.4) is 0 Å². The topological polar surface area (TPSA) is 65.0 Å². The number of methoxy groups -OCH3 is 2. The summed E-state index contributed by atoms with van der Waals surface area (Å²) in [5.74, 6) is -1.67. The number of esters is 2. The highest BCUT2D eigenvalue weighted by Gasteiger charge is 2.55. The van der Waals surface area contributed by atoms with Gasteiger partial charge in [0, 0.05) is 27.4 Å². The number of nitrogens with zero attached hydrogens (tertiary/aromatic N) is 1. The molecule has 0 saturated carbocycles. The van der Waals surface area contributed by atoms with Crippen molar-refractivity contribution in [2.75, 3.05) is 14.2 Å². The molecule has 0 N–H and O–H groups in total. The zero-order valence-corrected chi connectivity index (χ0v) is 16.0. The molecule has 0 unspecified atom stereocenters. The summed E-state index contributed by atoms with van der Waals surface area (Å²) in [4.78, 5) is 29.7. The molecule has 0 radical (unpaired) electrons. The average molecular weight is 404 g/mol. The molecule has 5 nitrogen and oxygen atoms in total. The van der Waals surface area contributed by atoms with E-state index in [1.807, 2.05) is 0 Å². The minimum Gasteiger partial charge on any atom is -0.467 e. The smallest absolute Gasteiger partial charge is 0.350 e. The van der Waals surface area contributed by atoms with E-state index in [9.17, 15) is 9.59 Å². The van der Waals surface area contributed by atoms with Gasteiger partial charge in [-0.2, -0.15) is 0 Å². The van der Waals surface area contributed by atoms with Crippen molar-refractivity contribution in [3.63, 3.8) is 0 Å². The Bertz CT molecular complexity index is 931. The minimum atomic E-state index is -1.95. The first-order valence-corrected chi connectivity index (χ1v) is 8.68. The second-order valence-corrected chi connectivity index (χ2v) is 6.63. The molecule has 0 amide bonds. The molecule has 0 fully saturated rings. The first-order valence-electron chi connectivity index (χ1n) is 7.92. The van der Waals surface area contributed by atoms with Crippen LogP contribution in [0.2, 0.25) is 10.0 Å². The molecule has 0 aliphatic carbocycles. The Balaban J connectivity index is 2.33. The number of rotatable bonds is 4. The lowest BCUT2D eigenvalue weighted by atomic mass is 9.82. The van der Waals surface area contributed by atoms with Crippen molar-refractivity contribution in [1.82, 2.24) is 0 Å². The third kappa shape index (κ3) is 3.24. The van der Waals surface area contributed by atoms with Crippen LogP contribution in [0, 0.1) is 0 Å². The molecule has 0 atom stereocenters. The zero-order chi connectivity index (χ0) is 19.6. The number of halogens is 2. The highest BCUT2D eigenvalue weighted by molar-refractivity contribution is 6.35. The van der Waals surface area contributed by atoms with Gasteiger partial charge in [0.25, 0.3) is 5.54 Å². The average Bonchev–Trinajstić information content (AvgIpc) is 3.09. The predicted octanol–water partition coefficient (Wildman–Crippen LogP) is 4.07. The number of aliphatic imine (C=N–C) groups is 1. The monoisotopic (exact) mass is 403 g/mol. The minimum absolute atomic E-state index is 0.361. The molecule has 138 valence electrons. The number of hydrogen-bond acceptors (Lipinski definition) is 5. The Hall–Kier alpha value is -2.63. The molecule has 0 aromatic heterocycles. The quantitative estimate of drug-likeness (QED) is 0.569. The second kappa shape index (κ2) is 7.55. The van der Waals surface area contributed by atoms with Crippen LogP contribution in [0.5, 0.6) is 0 Å². The lowest BCUT2D eigenvalue weighted by Gasteiger charge is -2.25. The van der Waals surface area contributed by atoms with Gasteiger partial charge in [-0.15, -0.1) is 0 Å². The third-order valence-electron chi connectivity index (χ3n) is 4.27. The molecule has 0 saturated heterocycles. The van der Waals surface area contributed by atoms with Crippen LogP contribution in [0.25, 0.3) is 11.1 Å². The van der Waals surface area contributed by atoms with Gasteiger partial charge < -0.3 is 9.47 Å². The van der Waals surface area contributed by atoms with E-state index in [-0.39, 0.29) is 0 Å². The molecule has 1 aliphatic heterocycles. The maximum atomic E-state index is 12.7. The van der Waals surface area contributed by atoms with Crippen LogP contribution in [0.1, 0.15) is 11.1 Å². The van der Waals surface area contributed by atoms with Gasteiger partial charge in [0.05, 0.1) is 14.2 Å². The highest BCUT2D eigenvalue weighted by atomic mass is 35.5. The first kappa shape index (κ1) is 19.1. The third-order valence-corrected chi connectivity index (χ3v) is 4.77. The number of carbonyl (C=O) groups excluding carboxylic acids is 2. The molecule has 1 aliphatic rings. The molecular weight excluding hydrogens is 389 g/mol. The van der Waals surface area contributed by atoms with E-state index in [0.717, 1.165) is 5.56 Å². The van der Waals surface area contributed by atoms with Crippen molar-refractivity contribution in [2.45, 2.75) is 5.54 Å². The Morgan fingerprint density at radius 1 is 0.815 bits per heavy atom. The molecule has 27 heavy (non-hydrogen) atoms. The summed E-state index contributed by atoms with van der Waals surface area (Å²) >= 11 is 12.0. The van der Waals surface area contributed by atoms with Gasteiger partial charge in [0.15, 0.2) is 0 Å². The summed E-state index contributed by atoms with van der Waals surface area (Å²) in [6.45, 7) is 0. The van der Waals surface area contributed by atoms with Gasteiger partial charge >= 0.3 is 11.9 Å². The Morgan fingerprint density at radius 3 is 1.70 bits per heavy atom. The Labute approximate surface area is 166 Å². The second-order valence-electron chi connectivity index (χ2n) is 5.75. The molecule has 7 heteroatoms. The van der Waals surface area contributed by atoms with Crippen molar-refractivity contribution in [2.24, 2.45) is 4.99 Å². The van der Waals surface area contributed by atoms with E-state index in [4.69, 9.17) is 32.7 Å². The van der Waals surface area contributed by atoms with Crippen LogP contribution in [-0.4, -0.2) is 37.9 Å². The zero-order valence-electron chi connectivity index (χ0n) is 14.5. The van der Waals surface area contributed by atoms with E-state index in [1.54, 1.807) is 48.5 Å². The van der Waals surface area contributed by atoms with Crippen LogP contribution < -0.4 is 0 Å². The SMILES string of the molecule is COC(=O)C1(C(=O)OC)N=CC(c2ccc(Cl)cc2)=C1c1ccc(Cl)cc1. The fourth-order valence-corrected chi connectivity index (χ4v) is 3.25. The Kier molecular flexibility index (Phi) is 5.35. The van der Waals surface area contributed by atoms with Crippen LogP contribution >= 0.6 is 23.2 Å². The van der Waals surface area contributed by atoms with Crippen molar-refractivity contribution in [3.8, 4) is 0 Å². The first-order chi connectivity index (χ1) is 12.9. The van der Waals surface area contributed by atoms with Crippen LogP contribution in [-0.2, 0) is 19.1 Å². The fraction of sp³-hybridized carbons (Fsp3) is 0.150. The molecule has 3 rings (SSSR count). The number of hydrogen-bond donors (Lipinski definition) is 0. The van der Waals surface area contributed by atoms with E-state index >= 15 is 0 Å². The largest absolute Gasteiger partial charge is 0.467 e. The summed E-state index contributed by atoms with van der Waals surface area (Å²) in [6, 6.07) is 13.8. The Morgan fingerprint density at radius 2 is 1.26 bits per heavy atom. The normalized spacial score (nSPS) is 15.0. The predicted molar refractivity (Wildman–Crippen MR) is 105 cm³/mol. The summed E-state index contributed by atoms with van der Waals surface area (Å²) in [5, 5.41) is 1.09. The van der Waals surface area contributed by atoms with Gasteiger partial charge in [-0.05, 0) is 35.4 Å².